The number of hydrogen-bond donors (Lipinski definition) is 1. The van der Waals surface area contributed by atoms with Gasteiger partial charge in [-0.1, -0.05) is 18.5 Å². The molecule has 0 aliphatic carbocycles. The second kappa shape index (κ2) is 9.77. The van der Waals surface area contributed by atoms with Crippen molar-refractivity contribution in [2.75, 3.05) is 13.1 Å². The van der Waals surface area contributed by atoms with Crippen LogP contribution >= 0.6 is 22.9 Å². The van der Waals surface area contributed by atoms with Crippen LogP contribution in [-0.2, 0) is 22.5 Å². The number of halogens is 1. The Labute approximate surface area is 216 Å². The molecule has 2 saturated heterocycles. The van der Waals surface area contributed by atoms with Gasteiger partial charge in [-0.15, -0.1) is 11.3 Å². The van der Waals surface area contributed by atoms with E-state index in [0.29, 0.717) is 24.0 Å². The first kappa shape index (κ1) is 24.6. The number of carbonyl (C=O) groups is 1. The molecule has 1 N–H and O–H groups in total. The third-order valence-corrected chi connectivity index (χ3v) is 8.48. The van der Waals surface area contributed by atoms with E-state index >= 15 is 0 Å². The predicted octanol–water partition coefficient (Wildman–Crippen LogP) is 5.53. The van der Waals surface area contributed by atoms with Gasteiger partial charge < -0.3 is 15.0 Å². The molecule has 5 rings (SSSR count). The Kier molecular flexibility index (Phi) is 6.87. The highest BCUT2D eigenvalue weighted by Gasteiger charge is 2.31. The molecule has 2 fully saturated rings. The molecule has 1 amide bonds. The second-order valence-electron chi connectivity index (χ2n) is 10.4. The molecular weight excluding hydrogens is 480 g/mol. The number of hydrogen-bond acceptors (Lipinski definition) is 6. The Morgan fingerprint density at radius 3 is 2.89 bits per heavy atom. The molecule has 0 saturated carbocycles. The SMILES string of the molecule is CCC1CCC(=O)N1Cc1cc2ncnc(-c3cc(Cl)cc(C)c3C[C@@H]3CNCC(C)(C)O3)c2s1. The van der Waals surface area contributed by atoms with E-state index in [9.17, 15) is 4.79 Å². The van der Waals surface area contributed by atoms with E-state index in [1.54, 1.807) is 17.7 Å². The molecule has 0 radical (unpaired) electrons. The van der Waals surface area contributed by atoms with Crippen LogP contribution in [0.1, 0.15) is 56.0 Å². The number of aromatic nitrogens is 2. The Bertz CT molecular complexity index is 1260. The maximum absolute atomic E-state index is 12.5. The molecule has 1 unspecified atom stereocenters. The van der Waals surface area contributed by atoms with Gasteiger partial charge in [0, 0.05) is 47.4 Å². The number of aryl methyl sites for hydroxylation is 1. The first-order valence-corrected chi connectivity index (χ1v) is 13.6. The average Bonchev–Trinajstić information content (AvgIpc) is 3.37. The predicted molar refractivity (Wildman–Crippen MR) is 142 cm³/mol. The number of fused-ring (bicyclic) bond motifs is 1. The lowest BCUT2D eigenvalue weighted by molar-refractivity contribution is -0.129. The minimum atomic E-state index is -0.197. The average molecular weight is 513 g/mol. The van der Waals surface area contributed by atoms with Crippen LogP contribution in [0.3, 0.4) is 0 Å². The van der Waals surface area contributed by atoms with Crippen LogP contribution in [0.15, 0.2) is 24.5 Å². The number of amides is 1. The van der Waals surface area contributed by atoms with Crippen LogP contribution in [0.4, 0.5) is 0 Å². The molecule has 1 aromatic carbocycles. The zero-order valence-corrected chi connectivity index (χ0v) is 22.4. The Hall–Kier alpha value is -2.06. The lowest BCUT2D eigenvalue weighted by atomic mass is 9.93. The lowest BCUT2D eigenvalue weighted by Crippen LogP contribution is -2.51. The maximum atomic E-state index is 12.5. The fourth-order valence-electron chi connectivity index (χ4n) is 5.44. The van der Waals surface area contributed by atoms with Gasteiger partial charge in [0.15, 0.2) is 0 Å². The number of nitrogens with one attached hydrogen (secondary N) is 1. The summed E-state index contributed by atoms with van der Waals surface area (Å²) in [5.41, 5.74) is 4.99. The largest absolute Gasteiger partial charge is 0.369 e. The van der Waals surface area contributed by atoms with Crippen molar-refractivity contribution >= 4 is 39.1 Å². The van der Waals surface area contributed by atoms with E-state index < -0.39 is 0 Å². The minimum absolute atomic E-state index is 0.0701. The van der Waals surface area contributed by atoms with Crippen molar-refractivity contribution in [3.63, 3.8) is 0 Å². The summed E-state index contributed by atoms with van der Waals surface area (Å²) < 4.78 is 7.42. The summed E-state index contributed by atoms with van der Waals surface area (Å²) in [5, 5.41) is 4.20. The van der Waals surface area contributed by atoms with Gasteiger partial charge in [0.05, 0.1) is 34.2 Å². The minimum Gasteiger partial charge on any atom is -0.369 e. The van der Waals surface area contributed by atoms with Crippen LogP contribution in [0.5, 0.6) is 0 Å². The molecule has 0 bridgehead atoms. The first-order valence-electron chi connectivity index (χ1n) is 12.4. The number of ether oxygens (including phenoxy) is 1. The number of likely N-dealkylation sites (tertiary alicyclic amines) is 1. The number of thiophene rings is 1. The molecule has 6 nitrogen and oxygen atoms in total. The van der Waals surface area contributed by atoms with Crippen molar-refractivity contribution in [3.8, 4) is 11.3 Å². The van der Waals surface area contributed by atoms with Gasteiger partial charge in [-0.05, 0) is 62.9 Å². The van der Waals surface area contributed by atoms with E-state index in [0.717, 1.165) is 64.3 Å². The number of morpholine rings is 1. The summed E-state index contributed by atoms with van der Waals surface area (Å²) >= 11 is 8.23. The summed E-state index contributed by atoms with van der Waals surface area (Å²) in [5.74, 6) is 0.248. The molecule has 2 aliphatic heterocycles. The van der Waals surface area contributed by atoms with E-state index in [1.165, 1.54) is 5.56 Å². The first-order chi connectivity index (χ1) is 16.7. The zero-order valence-electron chi connectivity index (χ0n) is 20.9. The molecule has 4 heterocycles. The van der Waals surface area contributed by atoms with Gasteiger partial charge in [-0.3, -0.25) is 4.79 Å². The maximum Gasteiger partial charge on any atom is 0.223 e. The van der Waals surface area contributed by atoms with Gasteiger partial charge >= 0.3 is 0 Å². The van der Waals surface area contributed by atoms with Crippen molar-refractivity contribution in [1.82, 2.24) is 20.2 Å². The van der Waals surface area contributed by atoms with Crippen LogP contribution in [0.2, 0.25) is 5.02 Å². The highest BCUT2D eigenvalue weighted by molar-refractivity contribution is 7.19. The summed E-state index contributed by atoms with van der Waals surface area (Å²) in [6.45, 7) is 10.8. The Morgan fingerprint density at radius 1 is 1.29 bits per heavy atom. The number of nitrogens with zero attached hydrogens (tertiary/aromatic N) is 3. The van der Waals surface area contributed by atoms with Gasteiger partial charge in [0.25, 0.3) is 0 Å². The van der Waals surface area contributed by atoms with Crippen LogP contribution in [0, 0.1) is 6.92 Å². The van der Waals surface area contributed by atoms with Gasteiger partial charge in [0.1, 0.15) is 6.33 Å². The fraction of sp³-hybridized carbons (Fsp3) is 0.519. The molecule has 8 heteroatoms. The monoisotopic (exact) mass is 512 g/mol. The lowest BCUT2D eigenvalue weighted by Gasteiger charge is -2.37. The molecule has 0 spiro atoms. The fourth-order valence-corrected chi connectivity index (χ4v) is 6.83. The van der Waals surface area contributed by atoms with Gasteiger partial charge in [-0.2, -0.15) is 0 Å². The smallest absolute Gasteiger partial charge is 0.223 e. The van der Waals surface area contributed by atoms with Crippen LogP contribution < -0.4 is 5.32 Å². The molecule has 186 valence electrons. The second-order valence-corrected chi connectivity index (χ2v) is 11.9. The summed E-state index contributed by atoms with van der Waals surface area (Å²) in [4.78, 5) is 24.9. The van der Waals surface area contributed by atoms with E-state index in [-0.39, 0.29) is 17.6 Å². The van der Waals surface area contributed by atoms with Crippen LogP contribution in [0.25, 0.3) is 21.5 Å². The molecule has 3 aromatic rings. The number of carbonyl (C=O) groups excluding carboxylic acids is 1. The molecule has 2 atom stereocenters. The topological polar surface area (TPSA) is 67.4 Å². The van der Waals surface area contributed by atoms with Crippen molar-refractivity contribution < 1.29 is 9.53 Å². The van der Waals surface area contributed by atoms with Gasteiger partial charge in [0.2, 0.25) is 5.91 Å². The number of benzene rings is 1. The summed E-state index contributed by atoms with van der Waals surface area (Å²) in [6, 6.07) is 6.47. The van der Waals surface area contributed by atoms with E-state index in [4.69, 9.17) is 21.3 Å². The standard InChI is InChI=1S/C27H33ClN4O2S/c1-5-18-6-7-24(33)32(18)13-20-11-23-26(35-20)25(31-15-30-23)22-9-17(28)8-16(2)21(22)10-19-12-29-14-27(3,4)34-19/h8-9,11,15,18-19,29H,5-7,10,12-14H2,1-4H3/t18?,19-/m1/s1. The third kappa shape index (κ3) is 5.10. The van der Waals surface area contributed by atoms with Crippen molar-refractivity contribution in [2.45, 2.75) is 77.7 Å². The highest BCUT2D eigenvalue weighted by Crippen LogP contribution is 2.38. The molecule has 2 aromatic heterocycles. The summed E-state index contributed by atoms with van der Waals surface area (Å²) in [7, 11) is 0. The van der Waals surface area contributed by atoms with E-state index in [2.05, 4.69) is 44.1 Å². The Morgan fingerprint density at radius 2 is 2.11 bits per heavy atom. The zero-order chi connectivity index (χ0) is 24.7. The van der Waals surface area contributed by atoms with Gasteiger partial charge in [-0.25, -0.2) is 9.97 Å². The van der Waals surface area contributed by atoms with E-state index in [1.807, 2.05) is 17.0 Å². The van der Waals surface area contributed by atoms with Crippen molar-refractivity contribution in [2.24, 2.45) is 0 Å². The Balaban J connectivity index is 1.52. The van der Waals surface area contributed by atoms with Crippen LogP contribution in [-0.4, -0.2) is 51.6 Å². The normalized spacial score (nSPS) is 22.3. The molecule has 35 heavy (non-hydrogen) atoms. The highest BCUT2D eigenvalue weighted by atomic mass is 35.5. The summed E-state index contributed by atoms with van der Waals surface area (Å²) in [6.07, 6.45) is 5.06. The van der Waals surface area contributed by atoms with Crippen molar-refractivity contribution in [1.29, 1.82) is 0 Å². The molecule has 2 aliphatic rings. The molecular formula is C27H33ClN4O2S. The van der Waals surface area contributed by atoms with Crippen molar-refractivity contribution in [3.05, 3.63) is 45.6 Å². The number of rotatable bonds is 6. The quantitative estimate of drug-likeness (QED) is 0.470. The third-order valence-electron chi connectivity index (χ3n) is 7.15.